The molecule has 1 aliphatic carbocycles. The lowest BCUT2D eigenvalue weighted by Crippen LogP contribution is -2.35. The molecule has 5 heteroatoms. The lowest BCUT2D eigenvalue weighted by molar-refractivity contribution is -0.124. The van der Waals surface area contributed by atoms with Gasteiger partial charge in [0.2, 0.25) is 5.91 Å². The van der Waals surface area contributed by atoms with Gasteiger partial charge < -0.3 is 15.4 Å². The molecule has 19 heavy (non-hydrogen) atoms. The third-order valence-electron chi connectivity index (χ3n) is 3.05. The maximum Gasteiger partial charge on any atom is 0.407 e. The molecule has 0 spiro atoms. The van der Waals surface area contributed by atoms with E-state index in [0.29, 0.717) is 13.1 Å². The van der Waals surface area contributed by atoms with E-state index >= 15 is 0 Å². The molecule has 0 aromatic heterocycles. The van der Waals surface area contributed by atoms with Gasteiger partial charge in [-0.15, -0.1) is 0 Å². The summed E-state index contributed by atoms with van der Waals surface area (Å²) in [6.07, 6.45) is 4.67. The Balaban J connectivity index is 2.01. The van der Waals surface area contributed by atoms with E-state index in [0.717, 1.165) is 32.1 Å². The van der Waals surface area contributed by atoms with E-state index in [-0.39, 0.29) is 11.8 Å². The minimum Gasteiger partial charge on any atom is -0.444 e. The summed E-state index contributed by atoms with van der Waals surface area (Å²) in [5.74, 6) is 0.369. The van der Waals surface area contributed by atoms with Gasteiger partial charge in [0.1, 0.15) is 5.60 Å². The SMILES string of the molecule is CC(C)(C)OC(=O)NCCCNC(=O)C1CCCC1. The number of alkyl carbamates (subject to hydrolysis) is 1. The molecule has 0 aromatic carbocycles. The maximum absolute atomic E-state index is 11.7. The smallest absolute Gasteiger partial charge is 0.407 e. The molecule has 1 saturated carbocycles. The van der Waals surface area contributed by atoms with Crippen molar-refractivity contribution in [2.24, 2.45) is 5.92 Å². The molecule has 0 radical (unpaired) electrons. The van der Waals surface area contributed by atoms with Crippen LogP contribution in [0.3, 0.4) is 0 Å². The van der Waals surface area contributed by atoms with Gasteiger partial charge in [-0.25, -0.2) is 4.79 Å². The molecule has 0 atom stereocenters. The van der Waals surface area contributed by atoms with Gasteiger partial charge in [0, 0.05) is 19.0 Å². The van der Waals surface area contributed by atoms with Crippen molar-refractivity contribution in [3.8, 4) is 0 Å². The molecule has 0 aromatic rings. The summed E-state index contributed by atoms with van der Waals surface area (Å²) in [6.45, 7) is 6.60. The van der Waals surface area contributed by atoms with Crippen LogP contribution in [0.2, 0.25) is 0 Å². The van der Waals surface area contributed by atoms with E-state index in [4.69, 9.17) is 4.74 Å². The minimum absolute atomic E-state index is 0.162. The number of nitrogens with one attached hydrogen (secondary N) is 2. The van der Waals surface area contributed by atoms with Gasteiger partial charge in [-0.1, -0.05) is 12.8 Å². The number of ether oxygens (including phenoxy) is 1. The average Bonchev–Trinajstić information content (AvgIpc) is 2.79. The van der Waals surface area contributed by atoms with Crippen LogP contribution >= 0.6 is 0 Å². The van der Waals surface area contributed by atoms with Crippen LogP contribution in [-0.2, 0) is 9.53 Å². The van der Waals surface area contributed by atoms with Crippen molar-refractivity contribution in [2.75, 3.05) is 13.1 Å². The summed E-state index contributed by atoms with van der Waals surface area (Å²) in [7, 11) is 0. The quantitative estimate of drug-likeness (QED) is 0.753. The number of amides is 2. The Bertz CT molecular complexity index is 304. The molecule has 110 valence electrons. The Morgan fingerprint density at radius 2 is 1.68 bits per heavy atom. The second-order valence-electron chi connectivity index (χ2n) is 6.05. The van der Waals surface area contributed by atoms with E-state index in [2.05, 4.69) is 10.6 Å². The van der Waals surface area contributed by atoms with Crippen molar-refractivity contribution in [2.45, 2.75) is 58.5 Å². The van der Waals surface area contributed by atoms with E-state index in [1.807, 2.05) is 20.8 Å². The fourth-order valence-corrected chi connectivity index (χ4v) is 2.14. The number of hydrogen-bond donors (Lipinski definition) is 2. The molecule has 0 bridgehead atoms. The van der Waals surface area contributed by atoms with Crippen LogP contribution in [0.15, 0.2) is 0 Å². The first kappa shape index (κ1) is 15.8. The highest BCUT2D eigenvalue weighted by Gasteiger charge is 2.21. The van der Waals surface area contributed by atoms with Crippen LogP contribution in [0.1, 0.15) is 52.9 Å². The van der Waals surface area contributed by atoms with E-state index in [1.165, 1.54) is 0 Å². The van der Waals surface area contributed by atoms with Crippen LogP contribution in [0.4, 0.5) is 4.79 Å². The molecule has 1 fully saturated rings. The van der Waals surface area contributed by atoms with Crippen molar-refractivity contribution >= 4 is 12.0 Å². The Hall–Kier alpha value is -1.26. The summed E-state index contributed by atoms with van der Waals surface area (Å²) in [6, 6.07) is 0. The largest absolute Gasteiger partial charge is 0.444 e. The molecule has 2 amide bonds. The summed E-state index contributed by atoms with van der Waals surface area (Å²) in [4.78, 5) is 23.1. The lowest BCUT2D eigenvalue weighted by atomic mass is 10.1. The van der Waals surface area contributed by atoms with E-state index in [9.17, 15) is 9.59 Å². The van der Waals surface area contributed by atoms with Crippen LogP contribution in [0, 0.1) is 5.92 Å². The fourth-order valence-electron chi connectivity index (χ4n) is 2.14. The molecule has 1 aliphatic rings. The second kappa shape index (κ2) is 7.36. The van der Waals surface area contributed by atoms with Crippen molar-refractivity contribution < 1.29 is 14.3 Å². The standard InChI is InChI=1S/C14H26N2O3/c1-14(2,3)19-13(18)16-10-6-9-15-12(17)11-7-4-5-8-11/h11H,4-10H2,1-3H3,(H,15,17)(H,16,18). The third-order valence-corrected chi connectivity index (χ3v) is 3.05. The molecule has 2 N–H and O–H groups in total. The fraction of sp³-hybridized carbons (Fsp3) is 0.857. The zero-order valence-corrected chi connectivity index (χ0v) is 12.3. The van der Waals surface area contributed by atoms with Gasteiger partial charge in [0.15, 0.2) is 0 Å². The molecule has 0 saturated heterocycles. The predicted molar refractivity (Wildman–Crippen MR) is 73.8 cm³/mol. The zero-order valence-electron chi connectivity index (χ0n) is 12.3. The van der Waals surface area contributed by atoms with Crippen LogP contribution in [-0.4, -0.2) is 30.7 Å². The number of carbonyl (C=O) groups is 2. The normalized spacial score (nSPS) is 16.2. The van der Waals surface area contributed by atoms with Crippen molar-refractivity contribution in [1.29, 1.82) is 0 Å². The van der Waals surface area contributed by atoms with Gasteiger partial charge in [0.05, 0.1) is 0 Å². The van der Waals surface area contributed by atoms with E-state index in [1.54, 1.807) is 0 Å². The van der Waals surface area contributed by atoms with Crippen LogP contribution in [0.5, 0.6) is 0 Å². The van der Waals surface area contributed by atoms with Gasteiger partial charge in [-0.05, 0) is 40.0 Å². The van der Waals surface area contributed by atoms with Crippen LogP contribution in [0.25, 0.3) is 0 Å². The first-order valence-electron chi connectivity index (χ1n) is 7.13. The van der Waals surface area contributed by atoms with Gasteiger partial charge >= 0.3 is 6.09 Å². The molecule has 0 unspecified atom stereocenters. The van der Waals surface area contributed by atoms with Gasteiger partial charge in [0.25, 0.3) is 0 Å². The molecule has 5 nitrogen and oxygen atoms in total. The first-order valence-corrected chi connectivity index (χ1v) is 7.13. The second-order valence-corrected chi connectivity index (χ2v) is 6.05. The molecular formula is C14H26N2O3. The van der Waals surface area contributed by atoms with Crippen LogP contribution < -0.4 is 10.6 Å². The van der Waals surface area contributed by atoms with Gasteiger partial charge in [-0.2, -0.15) is 0 Å². The van der Waals surface area contributed by atoms with Crippen molar-refractivity contribution in [1.82, 2.24) is 10.6 Å². The maximum atomic E-state index is 11.7. The Morgan fingerprint density at radius 1 is 1.11 bits per heavy atom. The predicted octanol–water partition coefficient (Wildman–Crippen LogP) is 2.21. The van der Waals surface area contributed by atoms with Crippen molar-refractivity contribution in [3.63, 3.8) is 0 Å². The molecular weight excluding hydrogens is 244 g/mol. The minimum atomic E-state index is -0.471. The molecule has 1 rings (SSSR count). The zero-order chi connectivity index (χ0) is 14.3. The highest BCUT2D eigenvalue weighted by Crippen LogP contribution is 2.24. The highest BCUT2D eigenvalue weighted by molar-refractivity contribution is 5.78. The highest BCUT2D eigenvalue weighted by atomic mass is 16.6. The number of hydrogen-bond acceptors (Lipinski definition) is 3. The molecule has 0 aliphatic heterocycles. The van der Waals surface area contributed by atoms with E-state index < -0.39 is 11.7 Å². The summed E-state index contributed by atoms with van der Waals surface area (Å²) >= 11 is 0. The number of rotatable bonds is 5. The summed E-state index contributed by atoms with van der Waals surface area (Å²) in [5.41, 5.74) is -0.471. The topological polar surface area (TPSA) is 67.4 Å². The monoisotopic (exact) mass is 270 g/mol. The summed E-state index contributed by atoms with van der Waals surface area (Å²) in [5, 5.41) is 5.59. The number of carbonyl (C=O) groups excluding carboxylic acids is 2. The molecule has 0 heterocycles. The Labute approximate surface area is 115 Å². The first-order chi connectivity index (χ1) is 8.88. The Kier molecular flexibility index (Phi) is 6.12. The Morgan fingerprint density at radius 3 is 2.26 bits per heavy atom. The van der Waals surface area contributed by atoms with Crippen molar-refractivity contribution in [3.05, 3.63) is 0 Å². The average molecular weight is 270 g/mol. The third kappa shape index (κ3) is 7.03. The lowest BCUT2D eigenvalue weighted by Gasteiger charge is -2.19. The summed E-state index contributed by atoms with van der Waals surface area (Å²) < 4.78 is 5.11. The van der Waals surface area contributed by atoms with Gasteiger partial charge in [-0.3, -0.25) is 4.79 Å².